The average Bonchev–Trinajstić information content (AvgIpc) is 2.80. The highest BCUT2D eigenvalue weighted by atomic mass is 79.9. The number of halogens is 1. The van der Waals surface area contributed by atoms with Crippen LogP contribution < -0.4 is 5.32 Å². The number of hydrogen-bond acceptors (Lipinski definition) is 3. The van der Waals surface area contributed by atoms with Gasteiger partial charge in [0, 0.05) is 34.4 Å². The molecule has 0 amide bonds. The van der Waals surface area contributed by atoms with Gasteiger partial charge in [0.25, 0.3) is 0 Å². The van der Waals surface area contributed by atoms with Crippen molar-refractivity contribution in [2.24, 2.45) is 0 Å². The maximum Gasteiger partial charge on any atom is 0.0934 e. The van der Waals surface area contributed by atoms with Gasteiger partial charge in [-0.25, -0.2) is 4.98 Å². The SMILES string of the molecule is CCNCC(Cc1nc(C)cs1)c1cccc(Br)c1. The van der Waals surface area contributed by atoms with Crippen molar-refractivity contribution in [2.75, 3.05) is 13.1 Å². The molecule has 102 valence electrons. The van der Waals surface area contributed by atoms with E-state index in [1.54, 1.807) is 11.3 Å². The van der Waals surface area contributed by atoms with Gasteiger partial charge in [0.2, 0.25) is 0 Å². The lowest BCUT2D eigenvalue weighted by molar-refractivity contribution is 0.593. The zero-order valence-electron chi connectivity index (χ0n) is 11.3. The van der Waals surface area contributed by atoms with E-state index in [1.807, 2.05) is 0 Å². The van der Waals surface area contributed by atoms with Crippen molar-refractivity contribution in [1.29, 1.82) is 0 Å². The standard InChI is InChI=1S/C15H19BrN2S/c1-3-17-9-13(8-15-18-11(2)10-19-15)12-5-4-6-14(16)7-12/h4-7,10,13,17H,3,8-9H2,1-2H3. The first-order chi connectivity index (χ1) is 9.19. The normalized spacial score (nSPS) is 12.6. The molecule has 0 aliphatic carbocycles. The lowest BCUT2D eigenvalue weighted by Crippen LogP contribution is -2.22. The van der Waals surface area contributed by atoms with Crippen LogP contribution in [0.3, 0.4) is 0 Å². The van der Waals surface area contributed by atoms with Crippen molar-refractivity contribution in [3.05, 3.63) is 50.4 Å². The van der Waals surface area contributed by atoms with Crippen molar-refractivity contribution in [3.63, 3.8) is 0 Å². The molecule has 0 saturated carbocycles. The highest BCUT2D eigenvalue weighted by Crippen LogP contribution is 2.24. The number of aromatic nitrogens is 1. The van der Waals surface area contributed by atoms with Gasteiger partial charge in [-0.3, -0.25) is 0 Å². The minimum atomic E-state index is 0.475. The lowest BCUT2D eigenvalue weighted by Gasteiger charge is -2.17. The number of likely N-dealkylation sites (N-methyl/N-ethyl adjacent to an activating group) is 1. The lowest BCUT2D eigenvalue weighted by atomic mass is 9.96. The average molecular weight is 339 g/mol. The van der Waals surface area contributed by atoms with E-state index >= 15 is 0 Å². The van der Waals surface area contributed by atoms with Gasteiger partial charge in [0.15, 0.2) is 0 Å². The van der Waals surface area contributed by atoms with E-state index in [0.717, 1.165) is 29.7 Å². The summed E-state index contributed by atoms with van der Waals surface area (Å²) in [6, 6.07) is 8.59. The van der Waals surface area contributed by atoms with Crippen LogP contribution in [0, 0.1) is 6.92 Å². The quantitative estimate of drug-likeness (QED) is 0.855. The molecule has 2 rings (SSSR count). The summed E-state index contributed by atoms with van der Waals surface area (Å²) in [6.07, 6.45) is 1.00. The largest absolute Gasteiger partial charge is 0.316 e. The summed E-state index contributed by atoms with van der Waals surface area (Å²) in [5.41, 5.74) is 2.49. The molecule has 0 radical (unpaired) electrons. The van der Waals surface area contributed by atoms with Gasteiger partial charge >= 0.3 is 0 Å². The smallest absolute Gasteiger partial charge is 0.0934 e. The van der Waals surface area contributed by atoms with E-state index in [0.29, 0.717) is 5.92 Å². The number of hydrogen-bond donors (Lipinski definition) is 1. The van der Waals surface area contributed by atoms with Crippen LogP contribution in [0.4, 0.5) is 0 Å². The third-order valence-corrected chi connectivity index (χ3v) is 4.53. The summed E-state index contributed by atoms with van der Waals surface area (Å²) in [4.78, 5) is 4.59. The molecule has 0 aliphatic heterocycles. The molecular formula is C15H19BrN2S. The second-order valence-electron chi connectivity index (χ2n) is 4.65. The van der Waals surface area contributed by atoms with Gasteiger partial charge in [-0.1, -0.05) is 35.0 Å². The molecule has 1 unspecified atom stereocenters. The Morgan fingerprint density at radius 2 is 2.26 bits per heavy atom. The van der Waals surface area contributed by atoms with Crippen LogP contribution in [0.5, 0.6) is 0 Å². The van der Waals surface area contributed by atoms with Gasteiger partial charge < -0.3 is 5.32 Å². The Labute approximate surface area is 127 Å². The number of nitrogens with zero attached hydrogens (tertiary/aromatic N) is 1. The molecule has 0 fully saturated rings. The molecule has 1 atom stereocenters. The minimum absolute atomic E-state index is 0.475. The van der Waals surface area contributed by atoms with E-state index in [2.05, 4.69) is 69.7 Å². The number of nitrogens with one attached hydrogen (secondary N) is 1. The van der Waals surface area contributed by atoms with Gasteiger partial charge in [0.05, 0.1) is 5.01 Å². The molecule has 1 aromatic heterocycles. The Kier molecular flexibility index (Phi) is 5.55. The Hall–Kier alpha value is -0.710. The van der Waals surface area contributed by atoms with E-state index in [9.17, 15) is 0 Å². The summed E-state index contributed by atoms with van der Waals surface area (Å²) in [5, 5.41) is 6.80. The van der Waals surface area contributed by atoms with Crippen LogP contribution in [0.2, 0.25) is 0 Å². The molecule has 4 heteroatoms. The van der Waals surface area contributed by atoms with Gasteiger partial charge in [-0.15, -0.1) is 11.3 Å². The molecule has 0 saturated heterocycles. The monoisotopic (exact) mass is 338 g/mol. The van der Waals surface area contributed by atoms with Crippen molar-refractivity contribution in [2.45, 2.75) is 26.2 Å². The van der Waals surface area contributed by atoms with Crippen LogP contribution in [0.1, 0.15) is 29.1 Å². The molecule has 0 aliphatic rings. The van der Waals surface area contributed by atoms with E-state index in [4.69, 9.17) is 0 Å². The minimum Gasteiger partial charge on any atom is -0.316 e. The fraction of sp³-hybridized carbons (Fsp3) is 0.400. The molecule has 19 heavy (non-hydrogen) atoms. The highest BCUT2D eigenvalue weighted by molar-refractivity contribution is 9.10. The Morgan fingerprint density at radius 1 is 1.42 bits per heavy atom. The maximum atomic E-state index is 4.59. The molecule has 0 bridgehead atoms. The van der Waals surface area contributed by atoms with Gasteiger partial charge in [-0.05, 0) is 31.2 Å². The number of aryl methyl sites for hydroxylation is 1. The highest BCUT2D eigenvalue weighted by Gasteiger charge is 2.14. The van der Waals surface area contributed by atoms with Gasteiger partial charge in [0.1, 0.15) is 0 Å². The zero-order valence-corrected chi connectivity index (χ0v) is 13.7. The van der Waals surface area contributed by atoms with Crippen molar-refractivity contribution in [1.82, 2.24) is 10.3 Å². The van der Waals surface area contributed by atoms with Crippen LogP contribution in [-0.4, -0.2) is 18.1 Å². The topological polar surface area (TPSA) is 24.9 Å². The molecule has 1 N–H and O–H groups in total. The summed E-state index contributed by atoms with van der Waals surface area (Å²) in [5.74, 6) is 0.475. The molecule has 1 heterocycles. The predicted molar refractivity (Wildman–Crippen MR) is 86.0 cm³/mol. The van der Waals surface area contributed by atoms with E-state index < -0.39 is 0 Å². The molecule has 2 nitrogen and oxygen atoms in total. The van der Waals surface area contributed by atoms with Crippen LogP contribution >= 0.6 is 27.3 Å². The van der Waals surface area contributed by atoms with Crippen molar-refractivity contribution >= 4 is 27.3 Å². The molecule has 1 aromatic carbocycles. The number of thiazole rings is 1. The Morgan fingerprint density at radius 3 is 2.89 bits per heavy atom. The number of benzene rings is 1. The summed E-state index contributed by atoms with van der Waals surface area (Å²) >= 11 is 5.31. The van der Waals surface area contributed by atoms with E-state index in [-0.39, 0.29) is 0 Å². The summed E-state index contributed by atoms with van der Waals surface area (Å²) in [6.45, 7) is 6.19. The first-order valence-corrected chi connectivity index (χ1v) is 8.23. The molecular weight excluding hydrogens is 320 g/mol. The second-order valence-corrected chi connectivity index (χ2v) is 6.50. The molecule has 0 spiro atoms. The first kappa shape index (κ1) is 14.7. The van der Waals surface area contributed by atoms with Crippen molar-refractivity contribution in [3.8, 4) is 0 Å². The third kappa shape index (κ3) is 4.41. The Balaban J connectivity index is 2.15. The fourth-order valence-electron chi connectivity index (χ4n) is 2.09. The third-order valence-electron chi connectivity index (χ3n) is 3.05. The van der Waals surface area contributed by atoms with Crippen molar-refractivity contribution < 1.29 is 0 Å². The van der Waals surface area contributed by atoms with Crippen LogP contribution in [0.25, 0.3) is 0 Å². The molecule has 2 aromatic rings. The summed E-state index contributed by atoms with van der Waals surface area (Å²) in [7, 11) is 0. The summed E-state index contributed by atoms with van der Waals surface area (Å²) < 4.78 is 1.14. The van der Waals surface area contributed by atoms with Gasteiger partial charge in [-0.2, -0.15) is 0 Å². The van der Waals surface area contributed by atoms with Crippen LogP contribution in [0.15, 0.2) is 34.1 Å². The number of rotatable bonds is 6. The Bertz CT molecular complexity index is 524. The zero-order chi connectivity index (χ0) is 13.7. The first-order valence-electron chi connectivity index (χ1n) is 6.56. The second kappa shape index (κ2) is 7.17. The van der Waals surface area contributed by atoms with Crippen LogP contribution in [-0.2, 0) is 6.42 Å². The predicted octanol–water partition coefficient (Wildman–Crippen LogP) is 4.15. The van der Waals surface area contributed by atoms with E-state index in [1.165, 1.54) is 10.6 Å². The fourth-order valence-corrected chi connectivity index (χ4v) is 3.36. The maximum absolute atomic E-state index is 4.59.